The lowest BCUT2D eigenvalue weighted by Gasteiger charge is -2.34. The molecule has 2 amide bonds. The monoisotopic (exact) mass is 541 g/mol. The molecule has 38 heavy (non-hydrogen) atoms. The van der Waals surface area contributed by atoms with Crippen molar-refractivity contribution in [2.75, 3.05) is 31.6 Å². The Morgan fingerprint density at radius 3 is 2.61 bits per heavy atom. The summed E-state index contributed by atoms with van der Waals surface area (Å²) in [5.74, 6) is 0.604. The summed E-state index contributed by atoms with van der Waals surface area (Å²) in [6.07, 6.45) is 11.1. The number of aryl methyl sites for hydroxylation is 1. The molecule has 2 aromatic rings. The van der Waals surface area contributed by atoms with Gasteiger partial charge >= 0.3 is 0 Å². The number of nitrogens with zero attached hydrogens (tertiary/aromatic N) is 1. The van der Waals surface area contributed by atoms with E-state index in [1.807, 2.05) is 30.3 Å². The van der Waals surface area contributed by atoms with Gasteiger partial charge in [0.05, 0.1) is 0 Å². The molecule has 2 aromatic carbocycles. The van der Waals surface area contributed by atoms with Gasteiger partial charge in [0.25, 0.3) is 5.91 Å². The molecule has 1 aliphatic heterocycles. The summed E-state index contributed by atoms with van der Waals surface area (Å²) >= 11 is 5.96. The van der Waals surface area contributed by atoms with Crippen LogP contribution in [-0.2, 0) is 22.4 Å². The first-order valence-electron chi connectivity index (χ1n) is 14.0. The van der Waals surface area contributed by atoms with Crippen LogP contribution >= 0.6 is 11.6 Å². The summed E-state index contributed by atoms with van der Waals surface area (Å²) in [4.78, 5) is 27.0. The Morgan fingerprint density at radius 2 is 1.82 bits per heavy atom. The second-order valence-corrected chi connectivity index (χ2v) is 10.8. The number of benzene rings is 2. The molecule has 206 valence electrons. The van der Waals surface area contributed by atoms with Crippen molar-refractivity contribution < 1.29 is 19.4 Å². The molecule has 0 aromatic heterocycles. The van der Waals surface area contributed by atoms with E-state index in [2.05, 4.69) is 15.5 Å². The van der Waals surface area contributed by atoms with E-state index in [1.165, 1.54) is 24.8 Å². The van der Waals surface area contributed by atoms with E-state index in [-0.39, 0.29) is 24.2 Å². The first-order valence-corrected chi connectivity index (χ1v) is 14.4. The van der Waals surface area contributed by atoms with Gasteiger partial charge in [-0.2, -0.15) is 0 Å². The number of nitrogens with one attached hydrogen (secondary N) is 2. The predicted octanol–water partition coefficient (Wildman–Crippen LogP) is 5.47. The van der Waals surface area contributed by atoms with Crippen molar-refractivity contribution in [2.45, 2.75) is 76.7 Å². The number of hydrogen-bond acceptors (Lipinski definition) is 5. The highest BCUT2D eigenvalue weighted by molar-refractivity contribution is 6.30. The molecule has 1 saturated carbocycles. The van der Waals surface area contributed by atoms with Crippen molar-refractivity contribution in [2.24, 2.45) is 0 Å². The fourth-order valence-electron chi connectivity index (χ4n) is 5.44. The number of ether oxygens (including phenoxy) is 1. The number of phenols is 1. The van der Waals surface area contributed by atoms with E-state index < -0.39 is 0 Å². The maximum atomic E-state index is 13.2. The molecule has 4 rings (SSSR count). The predicted molar refractivity (Wildman–Crippen MR) is 151 cm³/mol. The Morgan fingerprint density at radius 1 is 1.03 bits per heavy atom. The molecule has 0 atom stereocenters. The van der Waals surface area contributed by atoms with Crippen molar-refractivity contribution in [1.29, 1.82) is 0 Å². The number of phenolic OH excluding ortho intramolecular Hbond substituents is 1. The summed E-state index contributed by atoms with van der Waals surface area (Å²) < 4.78 is 5.60. The largest absolute Gasteiger partial charge is 0.506 e. The summed E-state index contributed by atoms with van der Waals surface area (Å²) in [6, 6.07) is 11.7. The van der Waals surface area contributed by atoms with E-state index in [0.29, 0.717) is 30.4 Å². The smallest absolute Gasteiger partial charge is 0.262 e. The maximum Gasteiger partial charge on any atom is 0.262 e. The zero-order valence-corrected chi connectivity index (χ0v) is 22.9. The van der Waals surface area contributed by atoms with Gasteiger partial charge in [-0.15, -0.1) is 0 Å². The number of aromatic hydroxyl groups is 1. The van der Waals surface area contributed by atoms with Crippen LogP contribution in [0.15, 0.2) is 36.4 Å². The van der Waals surface area contributed by atoms with Gasteiger partial charge in [0.15, 0.2) is 12.4 Å². The van der Waals surface area contributed by atoms with Crippen molar-refractivity contribution >= 4 is 29.1 Å². The highest BCUT2D eigenvalue weighted by Crippen LogP contribution is 2.39. The maximum absolute atomic E-state index is 13.2. The minimum Gasteiger partial charge on any atom is -0.506 e. The fourth-order valence-corrected chi connectivity index (χ4v) is 5.56. The van der Waals surface area contributed by atoms with Crippen molar-refractivity contribution in [1.82, 2.24) is 10.2 Å². The first-order chi connectivity index (χ1) is 18.5. The average molecular weight is 542 g/mol. The number of carbonyl (C=O) groups excluding carboxylic acids is 2. The van der Waals surface area contributed by atoms with E-state index >= 15 is 0 Å². The van der Waals surface area contributed by atoms with Crippen LogP contribution in [0.1, 0.15) is 68.9 Å². The molecule has 8 heteroatoms. The summed E-state index contributed by atoms with van der Waals surface area (Å²) in [5, 5.41) is 16.9. The van der Waals surface area contributed by atoms with Crippen molar-refractivity contribution in [3.8, 4) is 11.5 Å². The molecule has 0 bridgehead atoms. The normalized spacial score (nSPS) is 15.4. The number of halogens is 1. The van der Waals surface area contributed by atoms with Gasteiger partial charge in [-0.25, -0.2) is 0 Å². The van der Waals surface area contributed by atoms with Crippen LogP contribution < -0.4 is 15.4 Å². The lowest BCUT2D eigenvalue weighted by molar-refractivity contribution is -0.134. The van der Waals surface area contributed by atoms with E-state index in [0.717, 1.165) is 68.6 Å². The van der Waals surface area contributed by atoms with Crippen LogP contribution in [0.4, 0.5) is 5.69 Å². The SMILES string of the molecule is O=C1COc2c(CCCCCN(C(=O)CCNCCc3ccc(Cl)cc3)C3CCCCC3)ccc(O)c2N1. The Bertz CT molecular complexity index is 1070. The number of hydrogen-bond donors (Lipinski definition) is 3. The molecule has 7 nitrogen and oxygen atoms in total. The summed E-state index contributed by atoms with van der Waals surface area (Å²) in [5.41, 5.74) is 2.60. The van der Waals surface area contributed by atoms with Gasteiger partial charge in [0, 0.05) is 30.6 Å². The topological polar surface area (TPSA) is 90.9 Å². The van der Waals surface area contributed by atoms with Gasteiger partial charge in [-0.1, -0.05) is 55.5 Å². The lowest BCUT2D eigenvalue weighted by atomic mass is 9.93. The molecular formula is C30H40ClN3O4. The molecule has 1 fully saturated rings. The standard InChI is InChI=1S/C30H40ClN3O4/c31-24-13-10-22(11-14-24)16-18-32-19-17-28(37)34(25-8-4-1-5-9-25)20-6-2-3-7-23-12-15-26(35)29-30(23)38-21-27(36)33-29/h10-15,25,32,35H,1-9,16-21H2,(H,33,36). The zero-order chi connectivity index (χ0) is 26.7. The quantitative estimate of drug-likeness (QED) is 0.231. The molecule has 0 spiro atoms. The molecule has 0 unspecified atom stereocenters. The second kappa shape index (κ2) is 14.4. The zero-order valence-electron chi connectivity index (χ0n) is 22.1. The third kappa shape index (κ3) is 8.11. The minimum atomic E-state index is -0.255. The number of carbonyl (C=O) groups is 2. The Kier molecular flexibility index (Phi) is 10.7. The third-order valence-electron chi connectivity index (χ3n) is 7.53. The average Bonchev–Trinajstić information content (AvgIpc) is 2.93. The van der Waals surface area contributed by atoms with Gasteiger partial charge in [-0.05, 0) is 74.4 Å². The van der Waals surface area contributed by atoms with E-state index in [4.69, 9.17) is 16.3 Å². The van der Waals surface area contributed by atoms with Crippen molar-refractivity contribution in [3.63, 3.8) is 0 Å². The number of unbranched alkanes of at least 4 members (excludes halogenated alkanes) is 2. The fraction of sp³-hybridized carbons (Fsp3) is 0.533. The highest BCUT2D eigenvalue weighted by Gasteiger charge is 2.25. The van der Waals surface area contributed by atoms with Crippen LogP contribution in [-0.4, -0.2) is 54.1 Å². The first kappa shape index (κ1) is 28.2. The molecule has 3 N–H and O–H groups in total. The molecule has 0 radical (unpaired) electrons. The number of amides is 2. The van der Waals surface area contributed by atoms with Crippen LogP contribution in [0.5, 0.6) is 11.5 Å². The van der Waals surface area contributed by atoms with Crippen molar-refractivity contribution in [3.05, 3.63) is 52.5 Å². The van der Waals surface area contributed by atoms with Crippen LogP contribution in [0.25, 0.3) is 0 Å². The Labute approximate surface area is 230 Å². The van der Waals surface area contributed by atoms with Gasteiger partial charge in [0.2, 0.25) is 5.91 Å². The Hall–Kier alpha value is -2.77. The minimum absolute atomic E-state index is 0.0258. The molecule has 2 aliphatic rings. The Balaban J connectivity index is 1.21. The van der Waals surface area contributed by atoms with Gasteiger partial charge in [-0.3, -0.25) is 9.59 Å². The molecule has 1 heterocycles. The summed E-state index contributed by atoms with van der Waals surface area (Å²) in [7, 11) is 0. The number of fused-ring (bicyclic) bond motifs is 1. The number of anilines is 1. The van der Waals surface area contributed by atoms with Gasteiger partial charge in [0.1, 0.15) is 11.4 Å². The third-order valence-corrected chi connectivity index (χ3v) is 7.78. The highest BCUT2D eigenvalue weighted by atomic mass is 35.5. The molecular weight excluding hydrogens is 502 g/mol. The van der Waals surface area contributed by atoms with Crippen LogP contribution in [0.3, 0.4) is 0 Å². The van der Waals surface area contributed by atoms with Gasteiger partial charge < -0.3 is 25.4 Å². The second-order valence-electron chi connectivity index (χ2n) is 10.4. The lowest BCUT2D eigenvalue weighted by Crippen LogP contribution is -2.43. The van der Waals surface area contributed by atoms with Crippen LogP contribution in [0.2, 0.25) is 5.02 Å². The van der Waals surface area contributed by atoms with E-state index in [1.54, 1.807) is 6.07 Å². The summed E-state index contributed by atoms with van der Waals surface area (Å²) in [6.45, 7) is 2.30. The number of rotatable bonds is 13. The molecule has 1 aliphatic carbocycles. The molecule has 0 saturated heterocycles. The van der Waals surface area contributed by atoms with E-state index in [9.17, 15) is 14.7 Å². The van der Waals surface area contributed by atoms with Crippen LogP contribution in [0, 0.1) is 0 Å².